The third kappa shape index (κ3) is 5.09. The van der Waals surface area contributed by atoms with Crippen molar-refractivity contribution in [3.63, 3.8) is 0 Å². The van der Waals surface area contributed by atoms with Gasteiger partial charge in [-0.3, -0.25) is 4.79 Å². The lowest BCUT2D eigenvalue weighted by Gasteiger charge is -2.13. The Morgan fingerprint density at radius 1 is 1.00 bits per heavy atom. The number of carbonyl (C=O) groups excluding carboxylic acids is 1. The second-order valence-electron chi connectivity index (χ2n) is 6.13. The van der Waals surface area contributed by atoms with E-state index in [1.807, 2.05) is 0 Å². The van der Waals surface area contributed by atoms with Gasteiger partial charge in [-0.05, 0) is 31.6 Å². The number of hydrogen-bond donors (Lipinski definition) is 0. The van der Waals surface area contributed by atoms with Crippen molar-refractivity contribution in [2.24, 2.45) is 5.92 Å². The zero-order chi connectivity index (χ0) is 12.6. The van der Waals surface area contributed by atoms with Gasteiger partial charge >= 0.3 is 0 Å². The molecule has 2 aliphatic rings. The highest BCUT2D eigenvalue weighted by Crippen LogP contribution is 2.26. The summed E-state index contributed by atoms with van der Waals surface area (Å²) < 4.78 is 5.59. The van der Waals surface area contributed by atoms with Crippen molar-refractivity contribution in [3.05, 3.63) is 0 Å². The van der Waals surface area contributed by atoms with Gasteiger partial charge in [0.05, 0.1) is 6.10 Å². The third-order valence-corrected chi connectivity index (χ3v) is 4.50. The lowest BCUT2D eigenvalue weighted by atomic mass is 9.92. The number of ketones is 1. The van der Waals surface area contributed by atoms with Crippen LogP contribution in [0.5, 0.6) is 0 Å². The highest BCUT2D eigenvalue weighted by molar-refractivity contribution is 5.78. The molecule has 1 aliphatic carbocycles. The van der Waals surface area contributed by atoms with Crippen molar-refractivity contribution in [2.75, 3.05) is 6.61 Å². The Morgan fingerprint density at radius 2 is 1.78 bits per heavy atom. The Hall–Kier alpha value is -0.370. The third-order valence-electron chi connectivity index (χ3n) is 4.50. The maximum absolute atomic E-state index is 12.0. The number of rotatable bonds is 6. The first-order valence-electron chi connectivity index (χ1n) is 7.98. The summed E-state index contributed by atoms with van der Waals surface area (Å²) in [6.07, 6.45) is 14.7. The van der Waals surface area contributed by atoms with E-state index in [0.29, 0.717) is 17.8 Å². The molecular formula is C16H28O2. The van der Waals surface area contributed by atoms with Gasteiger partial charge < -0.3 is 4.74 Å². The standard InChI is InChI=1S/C16H28O2/c17-15(9-5-10-16-11-6-12-18-16)13-14-7-3-1-2-4-8-14/h14,16H,1-13H2. The molecule has 0 aromatic rings. The smallest absolute Gasteiger partial charge is 0.133 e. The normalized spacial score (nSPS) is 26.1. The number of Topliss-reactive ketones (excluding diaryl/α,β-unsaturated/α-hetero) is 1. The first kappa shape index (κ1) is 14.0. The summed E-state index contributed by atoms with van der Waals surface area (Å²) >= 11 is 0. The fourth-order valence-electron chi connectivity index (χ4n) is 3.39. The maximum atomic E-state index is 12.0. The second kappa shape index (κ2) is 7.93. The highest BCUT2D eigenvalue weighted by Gasteiger charge is 2.18. The van der Waals surface area contributed by atoms with Gasteiger partial charge in [0, 0.05) is 19.4 Å². The van der Waals surface area contributed by atoms with E-state index in [9.17, 15) is 4.79 Å². The van der Waals surface area contributed by atoms with Crippen LogP contribution in [-0.4, -0.2) is 18.5 Å². The second-order valence-corrected chi connectivity index (χ2v) is 6.13. The molecule has 0 bridgehead atoms. The van der Waals surface area contributed by atoms with Crippen LogP contribution in [0, 0.1) is 5.92 Å². The molecule has 0 aromatic carbocycles. The molecule has 2 rings (SSSR count). The topological polar surface area (TPSA) is 26.3 Å². The average Bonchev–Trinajstić information content (AvgIpc) is 2.74. The Balaban J connectivity index is 1.56. The van der Waals surface area contributed by atoms with Gasteiger partial charge in [-0.1, -0.05) is 38.5 Å². The first-order chi connectivity index (χ1) is 8.84. The van der Waals surface area contributed by atoms with Gasteiger partial charge in [0.15, 0.2) is 0 Å². The van der Waals surface area contributed by atoms with Gasteiger partial charge in [0.1, 0.15) is 5.78 Å². The fourth-order valence-corrected chi connectivity index (χ4v) is 3.39. The molecule has 18 heavy (non-hydrogen) atoms. The minimum absolute atomic E-state index is 0.454. The van der Waals surface area contributed by atoms with Gasteiger partial charge in [-0.2, -0.15) is 0 Å². The zero-order valence-corrected chi connectivity index (χ0v) is 11.7. The first-order valence-corrected chi connectivity index (χ1v) is 7.98. The van der Waals surface area contributed by atoms with E-state index in [2.05, 4.69) is 0 Å². The Bertz CT molecular complexity index is 235. The summed E-state index contributed by atoms with van der Waals surface area (Å²) in [5.74, 6) is 1.20. The van der Waals surface area contributed by atoms with Gasteiger partial charge in [-0.15, -0.1) is 0 Å². The van der Waals surface area contributed by atoms with Crippen LogP contribution in [0.25, 0.3) is 0 Å². The van der Waals surface area contributed by atoms with E-state index in [0.717, 1.165) is 32.3 Å². The van der Waals surface area contributed by atoms with E-state index in [4.69, 9.17) is 4.74 Å². The highest BCUT2D eigenvalue weighted by atomic mass is 16.5. The molecular weight excluding hydrogens is 224 g/mol. The van der Waals surface area contributed by atoms with Crippen LogP contribution in [0.2, 0.25) is 0 Å². The largest absolute Gasteiger partial charge is 0.378 e. The molecule has 0 radical (unpaired) electrons. The molecule has 1 saturated carbocycles. The van der Waals surface area contributed by atoms with E-state index in [1.165, 1.54) is 51.4 Å². The molecule has 1 atom stereocenters. The van der Waals surface area contributed by atoms with E-state index in [1.54, 1.807) is 0 Å². The fraction of sp³-hybridized carbons (Fsp3) is 0.938. The van der Waals surface area contributed by atoms with Crippen LogP contribution >= 0.6 is 0 Å². The van der Waals surface area contributed by atoms with Crippen LogP contribution < -0.4 is 0 Å². The van der Waals surface area contributed by atoms with Crippen LogP contribution in [-0.2, 0) is 9.53 Å². The molecule has 104 valence electrons. The van der Waals surface area contributed by atoms with Crippen LogP contribution in [0.3, 0.4) is 0 Å². The summed E-state index contributed by atoms with van der Waals surface area (Å²) in [4.78, 5) is 12.0. The lowest BCUT2D eigenvalue weighted by molar-refractivity contribution is -0.120. The van der Waals surface area contributed by atoms with Crippen molar-refractivity contribution < 1.29 is 9.53 Å². The molecule has 2 nitrogen and oxygen atoms in total. The predicted octanol–water partition coefficient (Wildman–Crippen LogP) is 4.27. The van der Waals surface area contributed by atoms with Gasteiger partial charge in [-0.25, -0.2) is 0 Å². The monoisotopic (exact) mass is 252 g/mol. The molecule has 0 N–H and O–H groups in total. The van der Waals surface area contributed by atoms with Crippen molar-refractivity contribution in [1.29, 1.82) is 0 Å². The Labute approximate surface area is 111 Å². The maximum Gasteiger partial charge on any atom is 0.133 e. The van der Waals surface area contributed by atoms with Crippen LogP contribution in [0.4, 0.5) is 0 Å². The van der Waals surface area contributed by atoms with Crippen molar-refractivity contribution >= 4 is 5.78 Å². The lowest BCUT2D eigenvalue weighted by Crippen LogP contribution is -2.10. The molecule has 0 spiro atoms. The summed E-state index contributed by atoms with van der Waals surface area (Å²) in [6, 6.07) is 0. The van der Waals surface area contributed by atoms with Crippen molar-refractivity contribution in [2.45, 2.75) is 83.2 Å². The SMILES string of the molecule is O=C(CCCC1CCCO1)CC1CCCCCC1. The zero-order valence-electron chi connectivity index (χ0n) is 11.7. The molecule has 1 heterocycles. The van der Waals surface area contributed by atoms with E-state index in [-0.39, 0.29) is 0 Å². The van der Waals surface area contributed by atoms with Gasteiger partial charge in [0.2, 0.25) is 0 Å². The summed E-state index contributed by atoms with van der Waals surface area (Å²) in [5, 5.41) is 0. The number of carbonyl (C=O) groups is 1. The molecule has 2 heteroatoms. The van der Waals surface area contributed by atoms with Crippen molar-refractivity contribution in [1.82, 2.24) is 0 Å². The Morgan fingerprint density at radius 3 is 2.44 bits per heavy atom. The Kier molecular flexibility index (Phi) is 6.19. The summed E-state index contributed by atoms with van der Waals surface area (Å²) in [7, 11) is 0. The number of ether oxygens (including phenoxy) is 1. The van der Waals surface area contributed by atoms with Crippen LogP contribution in [0.1, 0.15) is 77.0 Å². The molecule has 1 saturated heterocycles. The predicted molar refractivity (Wildman–Crippen MR) is 73.6 cm³/mol. The van der Waals surface area contributed by atoms with Crippen LogP contribution in [0.15, 0.2) is 0 Å². The van der Waals surface area contributed by atoms with Gasteiger partial charge in [0.25, 0.3) is 0 Å². The quantitative estimate of drug-likeness (QED) is 0.660. The minimum Gasteiger partial charge on any atom is -0.378 e. The number of hydrogen-bond acceptors (Lipinski definition) is 2. The molecule has 1 aliphatic heterocycles. The van der Waals surface area contributed by atoms with E-state index >= 15 is 0 Å². The molecule has 1 unspecified atom stereocenters. The van der Waals surface area contributed by atoms with Crippen molar-refractivity contribution in [3.8, 4) is 0 Å². The molecule has 0 aromatic heterocycles. The summed E-state index contributed by atoms with van der Waals surface area (Å²) in [6.45, 7) is 0.931. The summed E-state index contributed by atoms with van der Waals surface area (Å²) in [5.41, 5.74) is 0. The van der Waals surface area contributed by atoms with E-state index < -0.39 is 0 Å². The average molecular weight is 252 g/mol. The minimum atomic E-state index is 0.454. The molecule has 2 fully saturated rings. The molecule has 0 amide bonds.